The van der Waals surface area contributed by atoms with Gasteiger partial charge in [-0.25, -0.2) is 0 Å². The molecule has 2 aromatic carbocycles. The van der Waals surface area contributed by atoms with Gasteiger partial charge in [0.25, 0.3) is 5.69 Å². The van der Waals surface area contributed by atoms with Crippen molar-refractivity contribution in [2.45, 2.75) is 25.5 Å². The lowest BCUT2D eigenvalue weighted by molar-refractivity contribution is -0.385. The number of nitro benzene ring substituents is 1. The summed E-state index contributed by atoms with van der Waals surface area (Å²) >= 11 is 7.18. The van der Waals surface area contributed by atoms with Crippen LogP contribution < -0.4 is 5.32 Å². The van der Waals surface area contributed by atoms with Gasteiger partial charge in [-0.05, 0) is 44.2 Å². The monoisotopic (exact) mass is 431 g/mol. The van der Waals surface area contributed by atoms with Crippen molar-refractivity contribution in [1.29, 1.82) is 0 Å². The molecule has 0 aliphatic carbocycles. The Morgan fingerprint density at radius 2 is 1.97 bits per heavy atom. The van der Waals surface area contributed by atoms with Gasteiger partial charge < -0.3 is 9.88 Å². The number of hydrogen-bond donors (Lipinski definition) is 1. The topological polar surface area (TPSA) is 103 Å². The lowest BCUT2D eigenvalue weighted by Gasteiger charge is -2.08. The summed E-state index contributed by atoms with van der Waals surface area (Å²) in [5, 5.41) is 23.4. The highest BCUT2D eigenvalue weighted by Crippen LogP contribution is 2.26. The number of rotatable bonds is 7. The molecule has 0 bridgehead atoms. The maximum Gasteiger partial charge on any atom is 0.274 e. The molecule has 0 radical (unpaired) electrons. The van der Waals surface area contributed by atoms with E-state index in [0.29, 0.717) is 33.8 Å². The minimum Gasteiger partial charge on any atom is -0.325 e. The van der Waals surface area contributed by atoms with Crippen LogP contribution in [0.1, 0.15) is 12.5 Å². The molecular weight excluding hydrogens is 414 g/mol. The number of carbonyl (C=O) groups excluding carboxylic acids is 1. The van der Waals surface area contributed by atoms with Crippen molar-refractivity contribution in [3.63, 3.8) is 0 Å². The zero-order valence-corrected chi connectivity index (χ0v) is 17.3. The third kappa shape index (κ3) is 4.93. The molecular formula is C19H18ClN5O3S. The Morgan fingerprint density at radius 1 is 1.24 bits per heavy atom. The van der Waals surface area contributed by atoms with Gasteiger partial charge in [-0.15, -0.1) is 10.2 Å². The predicted octanol–water partition coefficient (Wildman–Crippen LogP) is 4.57. The fraction of sp³-hybridized carbons (Fsp3) is 0.211. The van der Waals surface area contributed by atoms with Crippen LogP contribution >= 0.6 is 23.4 Å². The largest absolute Gasteiger partial charge is 0.325 e. The third-order valence-electron chi connectivity index (χ3n) is 4.16. The van der Waals surface area contributed by atoms with E-state index in [1.165, 1.54) is 17.8 Å². The maximum atomic E-state index is 12.3. The number of thioether (sulfide) groups is 1. The summed E-state index contributed by atoms with van der Waals surface area (Å²) in [6.07, 6.45) is 0. The SMILES string of the molecule is CCn1c(SCC(=O)Nc2ccc(C)c([N+](=O)[O-])c2)nnc1-c1ccc(Cl)cc1. The second-order valence-corrected chi connectivity index (χ2v) is 7.53. The van der Waals surface area contributed by atoms with Gasteiger partial charge in [0.15, 0.2) is 11.0 Å². The minimum absolute atomic E-state index is 0.0335. The first-order valence-electron chi connectivity index (χ1n) is 8.76. The standard InChI is InChI=1S/C19H18ClN5O3S/c1-3-24-18(13-5-7-14(20)8-6-13)22-23-19(24)29-11-17(26)21-15-9-4-12(2)16(10-15)25(27)28/h4-10H,3,11H2,1-2H3,(H,21,26). The summed E-state index contributed by atoms with van der Waals surface area (Å²) in [5.41, 5.74) is 1.76. The van der Waals surface area contributed by atoms with Crippen LogP contribution in [-0.4, -0.2) is 31.3 Å². The summed E-state index contributed by atoms with van der Waals surface area (Å²) in [6.45, 7) is 4.26. The molecule has 150 valence electrons. The molecule has 3 rings (SSSR count). The number of benzene rings is 2. The summed E-state index contributed by atoms with van der Waals surface area (Å²) in [7, 11) is 0. The van der Waals surface area contributed by atoms with Gasteiger partial charge in [0.05, 0.1) is 10.7 Å². The first kappa shape index (κ1) is 20.8. The Balaban J connectivity index is 1.68. The van der Waals surface area contributed by atoms with E-state index in [9.17, 15) is 14.9 Å². The van der Waals surface area contributed by atoms with Gasteiger partial charge in [-0.1, -0.05) is 29.4 Å². The lowest BCUT2D eigenvalue weighted by Crippen LogP contribution is -2.15. The van der Waals surface area contributed by atoms with Crippen LogP contribution in [0.2, 0.25) is 5.02 Å². The van der Waals surface area contributed by atoms with Gasteiger partial charge in [-0.3, -0.25) is 14.9 Å². The van der Waals surface area contributed by atoms with Crippen LogP contribution in [0.5, 0.6) is 0 Å². The number of halogens is 1. The number of nitrogens with zero attached hydrogens (tertiary/aromatic N) is 4. The van der Waals surface area contributed by atoms with Crippen LogP contribution in [0.15, 0.2) is 47.6 Å². The molecule has 0 fully saturated rings. The molecule has 1 amide bonds. The normalized spacial score (nSPS) is 10.7. The van der Waals surface area contributed by atoms with Crippen molar-refractivity contribution in [2.24, 2.45) is 0 Å². The van der Waals surface area contributed by atoms with Gasteiger partial charge in [0.2, 0.25) is 5.91 Å². The zero-order chi connectivity index (χ0) is 21.0. The zero-order valence-electron chi connectivity index (χ0n) is 15.8. The third-order valence-corrected chi connectivity index (χ3v) is 5.38. The van der Waals surface area contributed by atoms with E-state index in [4.69, 9.17) is 11.6 Å². The van der Waals surface area contributed by atoms with E-state index in [0.717, 1.165) is 5.56 Å². The molecule has 1 N–H and O–H groups in total. The van der Waals surface area contributed by atoms with E-state index in [2.05, 4.69) is 15.5 Å². The molecule has 29 heavy (non-hydrogen) atoms. The first-order chi connectivity index (χ1) is 13.9. The predicted molar refractivity (Wildman–Crippen MR) is 113 cm³/mol. The van der Waals surface area contributed by atoms with Crippen molar-refractivity contribution >= 4 is 40.6 Å². The van der Waals surface area contributed by atoms with Crippen LogP contribution in [0.3, 0.4) is 0 Å². The fourth-order valence-corrected chi connectivity index (χ4v) is 3.63. The molecule has 1 heterocycles. The Hall–Kier alpha value is -2.91. The number of aryl methyl sites for hydroxylation is 1. The lowest BCUT2D eigenvalue weighted by atomic mass is 10.2. The van der Waals surface area contributed by atoms with E-state index < -0.39 is 4.92 Å². The highest BCUT2D eigenvalue weighted by atomic mass is 35.5. The molecule has 0 spiro atoms. The number of hydrogen-bond acceptors (Lipinski definition) is 6. The molecule has 0 saturated heterocycles. The number of carbonyl (C=O) groups is 1. The summed E-state index contributed by atoms with van der Waals surface area (Å²) in [5.74, 6) is 0.508. The van der Waals surface area contributed by atoms with Crippen LogP contribution in [0.4, 0.5) is 11.4 Å². The molecule has 8 nitrogen and oxygen atoms in total. The Morgan fingerprint density at radius 3 is 2.62 bits per heavy atom. The first-order valence-corrected chi connectivity index (χ1v) is 10.1. The fourth-order valence-electron chi connectivity index (χ4n) is 2.70. The van der Waals surface area contributed by atoms with Gasteiger partial charge in [0, 0.05) is 34.4 Å². The second-order valence-electron chi connectivity index (χ2n) is 6.15. The van der Waals surface area contributed by atoms with Gasteiger partial charge >= 0.3 is 0 Å². The number of nitrogens with one attached hydrogen (secondary N) is 1. The van der Waals surface area contributed by atoms with E-state index in [1.807, 2.05) is 23.6 Å². The summed E-state index contributed by atoms with van der Waals surface area (Å²) in [6, 6.07) is 11.9. The average Bonchev–Trinajstić information content (AvgIpc) is 3.11. The number of amides is 1. The van der Waals surface area contributed by atoms with E-state index in [1.54, 1.807) is 31.2 Å². The Kier molecular flexibility index (Phi) is 6.50. The summed E-state index contributed by atoms with van der Waals surface area (Å²) in [4.78, 5) is 22.9. The molecule has 0 atom stereocenters. The van der Waals surface area contributed by atoms with Crippen molar-refractivity contribution in [3.8, 4) is 11.4 Å². The number of nitro groups is 1. The van der Waals surface area contributed by atoms with Crippen LogP contribution in [0.25, 0.3) is 11.4 Å². The number of aromatic nitrogens is 3. The van der Waals surface area contributed by atoms with Gasteiger partial charge in [-0.2, -0.15) is 0 Å². The molecule has 0 unspecified atom stereocenters. The Bertz CT molecular complexity index is 1050. The Labute approximate surface area is 176 Å². The van der Waals surface area contributed by atoms with E-state index in [-0.39, 0.29) is 17.3 Å². The minimum atomic E-state index is -0.470. The highest BCUT2D eigenvalue weighted by molar-refractivity contribution is 7.99. The van der Waals surface area contributed by atoms with Crippen molar-refractivity contribution in [1.82, 2.24) is 14.8 Å². The molecule has 0 aliphatic heterocycles. The van der Waals surface area contributed by atoms with E-state index >= 15 is 0 Å². The van der Waals surface area contributed by atoms with Crippen LogP contribution in [-0.2, 0) is 11.3 Å². The summed E-state index contributed by atoms with van der Waals surface area (Å²) < 4.78 is 1.91. The molecule has 0 saturated carbocycles. The second kappa shape index (κ2) is 9.06. The van der Waals surface area contributed by atoms with Crippen molar-refractivity contribution in [2.75, 3.05) is 11.1 Å². The quantitative estimate of drug-likeness (QED) is 0.334. The van der Waals surface area contributed by atoms with Crippen molar-refractivity contribution < 1.29 is 9.72 Å². The molecule has 10 heteroatoms. The molecule has 3 aromatic rings. The smallest absolute Gasteiger partial charge is 0.274 e. The number of anilines is 1. The van der Waals surface area contributed by atoms with Gasteiger partial charge in [0.1, 0.15) is 0 Å². The average molecular weight is 432 g/mol. The molecule has 1 aromatic heterocycles. The van der Waals surface area contributed by atoms with Crippen molar-refractivity contribution in [3.05, 3.63) is 63.2 Å². The molecule has 0 aliphatic rings. The highest BCUT2D eigenvalue weighted by Gasteiger charge is 2.16. The maximum absolute atomic E-state index is 12.3. The van der Waals surface area contributed by atoms with Crippen LogP contribution in [0, 0.1) is 17.0 Å².